The van der Waals surface area contributed by atoms with Gasteiger partial charge in [0.25, 0.3) is 0 Å². The van der Waals surface area contributed by atoms with Crippen molar-refractivity contribution in [3.63, 3.8) is 0 Å². The number of rotatable bonds is 5. The highest BCUT2D eigenvalue weighted by Crippen LogP contribution is 2.33. The molecule has 5 nitrogen and oxygen atoms in total. The lowest BCUT2D eigenvalue weighted by atomic mass is 10.1. The molecule has 2 aromatic rings. The molecule has 0 saturated carbocycles. The van der Waals surface area contributed by atoms with Crippen LogP contribution in [-0.4, -0.2) is 30.5 Å². The molecule has 0 aliphatic rings. The molecule has 0 aliphatic heterocycles. The summed E-state index contributed by atoms with van der Waals surface area (Å²) in [7, 11) is 5.21. The van der Waals surface area contributed by atoms with Crippen molar-refractivity contribution < 1.29 is 9.47 Å². The van der Waals surface area contributed by atoms with Gasteiger partial charge in [0.05, 0.1) is 25.6 Å². The van der Waals surface area contributed by atoms with Gasteiger partial charge in [-0.1, -0.05) is 0 Å². The Balaban J connectivity index is 2.50. The summed E-state index contributed by atoms with van der Waals surface area (Å²) < 4.78 is 12.5. The van der Waals surface area contributed by atoms with Gasteiger partial charge in [0, 0.05) is 19.0 Å². The molecular weight excluding hydrogens is 242 g/mol. The number of nitrogens with two attached hydrogens (primary N) is 1. The number of nitrogens with zero attached hydrogens (tertiary/aromatic N) is 2. The maximum atomic E-state index is 5.57. The van der Waals surface area contributed by atoms with Crippen molar-refractivity contribution in [3.05, 3.63) is 30.0 Å². The van der Waals surface area contributed by atoms with Gasteiger partial charge in [0.1, 0.15) is 11.5 Å². The van der Waals surface area contributed by atoms with E-state index in [4.69, 9.17) is 15.2 Å². The summed E-state index contributed by atoms with van der Waals surface area (Å²) in [5, 5.41) is 4.45. The zero-order chi connectivity index (χ0) is 13.8. The number of hydrogen-bond donors (Lipinski definition) is 1. The third-order valence-electron chi connectivity index (χ3n) is 3.01. The minimum absolute atomic E-state index is 0.589. The van der Waals surface area contributed by atoms with Crippen molar-refractivity contribution in [1.29, 1.82) is 0 Å². The van der Waals surface area contributed by atoms with Crippen LogP contribution < -0.4 is 15.2 Å². The first-order chi connectivity index (χ1) is 9.19. The van der Waals surface area contributed by atoms with Crippen LogP contribution in [0.2, 0.25) is 0 Å². The first-order valence-corrected chi connectivity index (χ1v) is 6.15. The van der Waals surface area contributed by atoms with E-state index < -0.39 is 0 Å². The molecule has 5 heteroatoms. The number of aryl methyl sites for hydroxylation is 1. The smallest absolute Gasteiger partial charge is 0.128 e. The van der Waals surface area contributed by atoms with Gasteiger partial charge in [-0.25, -0.2) is 0 Å². The van der Waals surface area contributed by atoms with E-state index in [1.54, 1.807) is 14.2 Å². The highest BCUT2D eigenvalue weighted by Gasteiger charge is 2.13. The predicted octanol–water partition coefficient (Wildman–Crippen LogP) is 1.61. The SMILES string of the molecule is COc1ccc(OC)c(-c2cc(CCN)nn2C)c1. The van der Waals surface area contributed by atoms with Gasteiger partial charge in [-0.2, -0.15) is 5.10 Å². The third kappa shape index (κ3) is 2.71. The Morgan fingerprint density at radius 1 is 1.21 bits per heavy atom. The van der Waals surface area contributed by atoms with Crippen LogP contribution in [-0.2, 0) is 13.5 Å². The highest BCUT2D eigenvalue weighted by molar-refractivity contribution is 5.69. The molecule has 1 aromatic heterocycles. The molecule has 0 aliphatic carbocycles. The molecule has 0 bridgehead atoms. The standard InChI is InChI=1S/C14H19N3O2/c1-17-13(8-10(16-17)6-7-15)12-9-11(18-2)4-5-14(12)19-3/h4-5,8-9H,6-7,15H2,1-3H3. The van der Waals surface area contributed by atoms with Crippen LogP contribution in [0.15, 0.2) is 24.3 Å². The van der Waals surface area contributed by atoms with Crippen LogP contribution >= 0.6 is 0 Å². The normalized spacial score (nSPS) is 10.5. The lowest BCUT2D eigenvalue weighted by molar-refractivity contribution is 0.404. The topological polar surface area (TPSA) is 62.3 Å². The molecule has 2 rings (SSSR count). The van der Waals surface area contributed by atoms with Crippen LogP contribution in [0, 0.1) is 0 Å². The monoisotopic (exact) mass is 261 g/mol. The van der Waals surface area contributed by atoms with Crippen molar-refractivity contribution in [2.75, 3.05) is 20.8 Å². The van der Waals surface area contributed by atoms with Gasteiger partial charge in [0.2, 0.25) is 0 Å². The predicted molar refractivity (Wildman–Crippen MR) is 74.5 cm³/mol. The second kappa shape index (κ2) is 5.75. The van der Waals surface area contributed by atoms with Gasteiger partial charge in [-0.15, -0.1) is 0 Å². The van der Waals surface area contributed by atoms with Gasteiger partial charge in [-0.05, 0) is 30.8 Å². The van der Waals surface area contributed by atoms with Gasteiger partial charge in [-0.3, -0.25) is 4.68 Å². The van der Waals surface area contributed by atoms with Gasteiger partial charge in [0.15, 0.2) is 0 Å². The fourth-order valence-corrected chi connectivity index (χ4v) is 2.06. The van der Waals surface area contributed by atoms with E-state index in [0.29, 0.717) is 6.54 Å². The summed E-state index contributed by atoms with van der Waals surface area (Å²) >= 11 is 0. The average Bonchev–Trinajstić information content (AvgIpc) is 2.79. The fourth-order valence-electron chi connectivity index (χ4n) is 2.06. The maximum absolute atomic E-state index is 5.57. The molecule has 1 heterocycles. The second-order valence-corrected chi connectivity index (χ2v) is 4.25. The molecule has 102 valence electrons. The van der Waals surface area contributed by atoms with E-state index in [1.807, 2.05) is 36.0 Å². The van der Waals surface area contributed by atoms with Crippen molar-refractivity contribution in [3.8, 4) is 22.8 Å². The van der Waals surface area contributed by atoms with Gasteiger partial charge < -0.3 is 15.2 Å². The number of ether oxygens (including phenoxy) is 2. The van der Waals surface area contributed by atoms with E-state index in [2.05, 4.69) is 5.10 Å². The Hall–Kier alpha value is -2.01. The molecule has 1 aromatic carbocycles. The molecule has 2 N–H and O–H groups in total. The largest absolute Gasteiger partial charge is 0.497 e. The number of hydrogen-bond acceptors (Lipinski definition) is 4. The summed E-state index contributed by atoms with van der Waals surface area (Å²) in [4.78, 5) is 0. The van der Waals surface area contributed by atoms with E-state index >= 15 is 0 Å². The Labute approximate surface area is 112 Å². The van der Waals surface area contributed by atoms with Crippen LogP contribution in [0.1, 0.15) is 5.69 Å². The van der Waals surface area contributed by atoms with Crippen molar-refractivity contribution in [2.24, 2.45) is 12.8 Å². The molecule has 0 radical (unpaired) electrons. The maximum Gasteiger partial charge on any atom is 0.128 e. The Morgan fingerprint density at radius 3 is 2.63 bits per heavy atom. The van der Waals surface area contributed by atoms with E-state index in [-0.39, 0.29) is 0 Å². The average molecular weight is 261 g/mol. The highest BCUT2D eigenvalue weighted by atomic mass is 16.5. The summed E-state index contributed by atoms with van der Waals surface area (Å²) in [6.07, 6.45) is 0.764. The molecule has 19 heavy (non-hydrogen) atoms. The van der Waals surface area contributed by atoms with E-state index in [1.165, 1.54) is 0 Å². The zero-order valence-electron chi connectivity index (χ0n) is 11.5. The molecule has 0 fully saturated rings. The van der Waals surface area contributed by atoms with Crippen LogP contribution in [0.5, 0.6) is 11.5 Å². The summed E-state index contributed by atoms with van der Waals surface area (Å²) in [6.45, 7) is 0.589. The zero-order valence-corrected chi connectivity index (χ0v) is 11.5. The lowest BCUT2D eigenvalue weighted by Gasteiger charge is -2.10. The van der Waals surface area contributed by atoms with Gasteiger partial charge >= 0.3 is 0 Å². The Kier molecular flexibility index (Phi) is 4.06. The molecule has 0 atom stereocenters. The van der Waals surface area contributed by atoms with Crippen LogP contribution in [0.25, 0.3) is 11.3 Å². The van der Waals surface area contributed by atoms with E-state index in [0.717, 1.165) is 34.9 Å². The van der Waals surface area contributed by atoms with Crippen LogP contribution in [0.4, 0.5) is 0 Å². The quantitative estimate of drug-likeness (QED) is 0.888. The number of aromatic nitrogens is 2. The Bertz CT molecular complexity index is 564. The fraction of sp³-hybridized carbons (Fsp3) is 0.357. The number of benzene rings is 1. The summed E-state index contributed by atoms with van der Waals surface area (Å²) in [5.74, 6) is 1.58. The first-order valence-electron chi connectivity index (χ1n) is 6.15. The molecule has 0 unspecified atom stereocenters. The molecule has 0 amide bonds. The molecule has 0 saturated heterocycles. The lowest BCUT2D eigenvalue weighted by Crippen LogP contribution is -2.03. The summed E-state index contributed by atoms with van der Waals surface area (Å²) in [5.41, 5.74) is 8.49. The minimum Gasteiger partial charge on any atom is -0.497 e. The Morgan fingerprint density at radius 2 is 2.00 bits per heavy atom. The van der Waals surface area contributed by atoms with E-state index in [9.17, 15) is 0 Å². The molecular formula is C14H19N3O2. The minimum atomic E-state index is 0.589. The third-order valence-corrected chi connectivity index (χ3v) is 3.01. The van der Waals surface area contributed by atoms with Crippen molar-refractivity contribution in [2.45, 2.75) is 6.42 Å². The summed E-state index contributed by atoms with van der Waals surface area (Å²) in [6, 6.07) is 7.75. The molecule has 0 spiro atoms. The van der Waals surface area contributed by atoms with Crippen LogP contribution in [0.3, 0.4) is 0 Å². The number of methoxy groups -OCH3 is 2. The second-order valence-electron chi connectivity index (χ2n) is 4.25. The van der Waals surface area contributed by atoms with Crippen molar-refractivity contribution in [1.82, 2.24) is 9.78 Å². The first kappa shape index (κ1) is 13.4. The van der Waals surface area contributed by atoms with Crippen molar-refractivity contribution >= 4 is 0 Å².